The zero-order valence-corrected chi connectivity index (χ0v) is 26.6. The van der Waals surface area contributed by atoms with Gasteiger partial charge >= 0.3 is 0 Å². The summed E-state index contributed by atoms with van der Waals surface area (Å²) in [5.41, 5.74) is 13.4. The number of nitrogens with one attached hydrogen (secondary N) is 2. The molecule has 47 heavy (non-hydrogen) atoms. The summed E-state index contributed by atoms with van der Waals surface area (Å²) < 4.78 is 6.18. The van der Waals surface area contributed by atoms with Crippen molar-refractivity contribution in [1.82, 2.24) is 30.5 Å². The number of nitrogen functional groups attached to an aromatic ring is 2. The fourth-order valence-electron chi connectivity index (χ4n) is 7.07. The number of fused-ring (bicyclic) bond motifs is 1. The third kappa shape index (κ3) is 5.79. The van der Waals surface area contributed by atoms with Crippen molar-refractivity contribution in [3.63, 3.8) is 0 Å². The summed E-state index contributed by atoms with van der Waals surface area (Å²) >= 11 is 1.39. The van der Waals surface area contributed by atoms with Crippen LogP contribution in [0.5, 0.6) is 0 Å². The molecule has 0 bridgehead atoms. The number of hydrogen-bond donors (Lipinski definition) is 4. The number of pyridine rings is 1. The molecular weight excluding hydrogens is 622 g/mol. The second kappa shape index (κ2) is 12.2. The van der Waals surface area contributed by atoms with Crippen LogP contribution in [0.4, 0.5) is 17.5 Å². The Bertz CT molecular complexity index is 1780. The Balaban J connectivity index is 0.991. The van der Waals surface area contributed by atoms with Crippen molar-refractivity contribution in [1.29, 1.82) is 0 Å². The van der Waals surface area contributed by atoms with Gasteiger partial charge in [-0.3, -0.25) is 29.4 Å². The van der Waals surface area contributed by atoms with Crippen molar-refractivity contribution < 1.29 is 23.9 Å². The molecule has 4 amide bonds. The van der Waals surface area contributed by atoms with E-state index >= 15 is 0 Å². The van der Waals surface area contributed by atoms with Crippen LogP contribution in [0.1, 0.15) is 58.9 Å². The van der Waals surface area contributed by atoms with Crippen LogP contribution in [0.25, 0.3) is 0 Å². The van der Waals surface area contributed by atoms with Crippen LogP contribution in [0.3, 0.4) is 0 Å². The van der Waals surface area contributed by atoms with Crippen LogP contribution in [0.15, 0.2) is 52.6 Å². The Labute approximate surface area is 275 Å². The molecule has 3 atom stereocenters. The molecule has 3 aromatic rings. The number of carbonyl (C=O) groups excluding carboxylic acids is 4. The van der Waals surface area contributed by atoms with Crippen LogP contribution >= 0.6 is 11.8 Å². The number of ether oxygens (including phenoxy) is 1. The lowest BCUT2D eigenvalue weighted by molar-refractivity contribution is -0.136. The number of imide groups is 2. The van der Waals surface area contributed by atoms with E-state index < -0.39 is 29.7 Å². The second-order valence-electron chi connectivity index (χ2n) is 12.5. The number of benzene rings is 1. The number of rotatable bonds is 7. The molecule has 1 spiro atoms. The molecule has 0 saturated carbocycles. The third-order valence-corrected chi connectivity index (χ3v) is 10.6. The van der Waals surface area contributed by atoms with Crippen molar-refractivity contribution in [2.45, 2.75) is 67.3 Å². The van der Waals surface area contributed by atoms with Crippen molar-refractivity contribution in [3.8, 4) is 0 Å². The number of anilines is 3. The SMILES string of the molecule is C[C@@H]1OCC2(CCN(c3cnc(Sc4ccnc(N)c4)c(N)n3)CC2)[C@@H]1NCc1ccc2c(c1)C(=O)N(C1CCC(=O)NC1=O)C2=O. The topological polar surface area (TPSA) is 199 Å². The summed E-state index contributed by atoms with van der Waals surface area (Å²) in [4.78, 5) is 67.7. The number of amides is 4. The molecule has 4 aliphatic heterocycles. The van der Waals surface area contributed by atoms with Crippen molar-refractivity contribution in [3.05, 3.63) is 59.4 Å². The van der Waals surface area contributed by atoms with E-state index in [-0.39, 0.29) is 41.5 Å². The molecule has 6 N–H and O–H groups in total. The highest BCUT2D eigenvalue weighted by Crippen LogP contribution is 2.43. The quantitative estimate of drug-likeness (QED) is 0.268. The monoisotopic (exact) mass is 657 g/mol. The summed E-state index contributed by atoms with van der Waals surface area (Å²) in [5, 5.41) is 6.53. The van der Waals surface area contributed by atoms with E-state index in [2.05, 4.69) is 37.4 Å². The van der Waals surface area contributed by atoms with Gasteiger partial charge in [0.1, 0.15) is 22.7 Å². The molecule has 244 valence electrons. The van der Waals surface area contributed by atoms with Gasteiger partial charge in [-0.15, -0.1) is 0 Å². The molecule has 2 aromatic heterocycles. The fourth-order valence-corrected chi connectivity index (χ4v) is 7.86. The van der Waals surface area contributed by atoms with Gasteiger partial charge < -0.3 is 26.4 Å². The number of carbonyl (C=O) groups is 4. The standard InChI is InChI=1S/C32H35N9O5S/c1-17-26(36-14-18-2-3-20-21(12-18)31(45)41(30(20)44)22-4-5-25(42)39-28(22)43)32(16-46-17)7-10-40(11-8-32)24-15-37-29(27(34)38-24)47-19-6-9-35-23(33)13-19/h2-3,6,9,12-13,15,17,22,26,36H,4-5,7-8,10-11,14,16H2,1H3,(H2,33,35)(H2,34,38)(H,39,42,43)/t17-,22?,26+/m0/s1. The number of hydrogen-bond acceptors (Lipinski definition) is 13. The van der Waals surface area contributed by atoms with E-state index in [9.17, 15) is 19.2 Å². The average molecular weight is 658 g/mol. The van der Waals surface area contributed by atoms with Gasteiger partial charge in [-0.1, -0.05) is 17.8 Å². The van der Waals surface area contributed by atoms with Crippen LogP contribution < -0.4 is 27.0 Å². The molecule has 0 aliphatic carbocycles. The molecule has 4 aliphatic rings. The Kier molecular flexibility index (Phi) is 8.06. The summed E-state index contributed by atoms with van der Waals surface area (Å²) in [7, 11) is 0. The maximum Gasteiger partial charge on any atom is 0.262 e. The first kappa shape index (κ1) is 31.0. The summed E-state index contributed by atoms with van der Waals surface area (Å²) in [5.74, 6) is -0.535. The Hall–Kier alpha value is -4.60. The van der Waals surface area contributed by atoms with E-state index in [0.717, 1.165) is 47.1 Å². The van der Waals surface area contributed by atoms with Crippen LogP contribution in [0, 0.1) is 5.41 Å². The van der Waals surface area contributed by atoms with Crippen LogP contribution in [-0.2, 0) is 20.9 Å². The highest BCUT2D eigenvalue weighted by molar-refractivity contribution is 7.99. The molecule has 0 radical (unpaired) electrons. The Morgan fingerprint density at radius 2 is 1.85 bits per heavy atom. The van der Waals surface area contributed by atoms with E-state index in [0.29, 0.717) is 29.8 Å². The van der Waals surface area contributed by atoms with Gasteiger partial charge in [0.15, 0.2) is 5.82 Å². The first-order chi connectivity index (χ1) is 22.6. The van der Waals surface area contributed by atoms with Crippen LogP contribution in [0.2, 0.25) is 0 Å². The van der Waals surface area contributed by atoms with E-state index in [4.69, 9.17) is 16.2 Å². The first-order valence-electron chi connectivity index (χ1n) is 15.6. The molecule has 3 saturated heterocycles. The minimum Gasteiger partial charge on any atom is -0.384 e. The lowest BCUT2D eigenvalue weighted by atomic mass is 9.73. The van der Waals surface area contributed by atoms with Crippen molar-refractivity contribution in [2.75, 3.05) is 36.1 Å². The maximum absolute atomic E-state index is 13.3. The van der Waals surface area contributed by atoms with Gasteiger partial charge in [-0.25, -0.2) is 15.0 Å². The third-order valence-electron chi connectivity index (χ3n) is 9.59. The predicted octanol–water partition coefficient (Wildman–Crippen LogP) is 1.75. The van der Waals surface area contributed by atoms with E-state index in [1.165, 1.54) is 11.8 Å². The molecule has 6 heterocycles. The largest absolute Gasteiger partial charge is 0.384 e. The first-order valence-corrected chi connectivity index (χ1v) is 16.4. The van der Waals surface area contributed by atoms with Gasteiger partial charge in [-0.2, -0.15) is 0 Å². The zero-order chi connectivity index (χ0) is 32.9. The normalized spacial score (nSPS) is 23.8. The summed E-state index contributed by atoms with van der Waals surface area (Å²) in [6.07, 6.45) is 5.33. The number of nitrogens with two attached hydrogens (primary N) is 2. The average Bonchev–Trinajstić information content (AvgIpc) is 3.48. The minimum absolute atomic E-state index is 0.0174. The van der Waals surface area contributed by atoms with Gasteiger partial charge in [0.05, 0.1) is 30.0 Å². The molecule has 1 aromatic carbocycles. The Morgan fingerprint density at radius 3 is 2.60 bits per heavy atom. The fraction of sp³-hybridized carbons (Fsp3) is 0.406. The van der Waals surface area contributed by atoms with Gasteiger partial charge in [0.2, 0.25) is 11.8 Å². The Morgan fingerprint density at radius 1 is 1.06 bits per heavy atom. The molecular formula is C32H35N9O5S. The van der Waals surface area contributed by atoms with Crippen molar-refractivity contribution >= 4 is 52.8 Å². The van der Waals surface area contributed by atoms with Gasteiger partial charge in [0.25, 0.3) is 11.8 Å². The maximum atomic E-state index is 13.3. The number of nitrogens with zero attached hydrogens (tertiary/aromatic N) is 5. The lowest BCUT2D eigenvalue weighted by Gasteiger charge is -2.43. The number of aromatic nitrogens is 3. The van der Waals surface area contributed by atoms with Crippen molar-refractivity contribution in [2.24, 2.45) is 5.41 Å². The molecule has 7 rings (SSSR count). The predicted molar refractivity (Wildman–Crippen MR) is 172 cm³/mol. The van der Waals surface area contributed by atoms with E-state index in [1.807, 2.05) is 12.1 Å². The smallest absolute Gasteiger partial charge is 0.262 e. The minimum atomic E-state index is -0.991. The molecule has 3 fully saturated rings. The highest BCUT2D eigenvalue weighted by Gasteiger charge is 2.49. The molecule has 15 heteroatoms. The second-order valence-corrected chi connectivity index (χ2v) is 13.6. The van der Waals surface area contributed by atoms with E-state index in [1.54, 1.807) is 30.6 Å². The summed E-state index contributed by atoms with van der Waals surface area (Å²) in [6.45, 7) is 4.71. The van der Waals surface area contributed by atoms with Gasteiger partial charge in [0, 0.05) is 48.6 Å². The van der Waals surface area contributed by atoms with Crippen LogP contribution in [-0.4, -0.2) is 81.4 Å². The molecule has 14 nitrogen and oxygen atoms in total. The summed E-state index contributed by atoms with van der Waals surface area (Å²) in [6, 6.07) is 7.88. The lowest BCUT2D eigenvalue weighted by Crippen LogP contribution is -2.54. The molecule has 1 unspecified atom stereocenters. The van der Waals surface area contributed by atoms with Gasteiger partial charge in [-0.05, 0) is 56.0 Å². The number of piperidine rings is 2. The zero-order valence-electron chi connectivity index (χ0n) is 25.8. The highest BCUT2D eigenvalue weighted by atomic mass is 32.2.